The molecule has 1 rings (SSSR count). The Morgan fingerprint density at radius 2 is 1.95 bits per heavy atom. The fourth-order valence-electron chi connectivity index (χ4n) is 2.08. The lowest BCUT2D eigenvalue weighted by Gasteiger charge is -2.18. The van der Waals surface area contributed by atoms with E-state index in [4.69, 9.17) is 10.00 Å². The maximum atomic E-state index is 9.16. The first kappa shape index (κ1) is 20.6. The molecule has 22 heavy (non-hydrogen) atoms. The Hall–Kier alpha value is -1.44. The molecule has 5 heteroatoms. The molecule has 0 aliphatic carbocycles. The normalized spacial score (nSPS) is 9.95. The Labute approximate surface area is 140 Å². The average Bonchev–Trinajstić information content (AvgIpc) is 2.52. The summed E-state index contributed by atoms with van der Waals surface area (Å²) in [5, 5.41) is 12.5. The molecule has 0 saturated carbocycles. The third-order valence-electron chi connectivity index (χ3n) is 3.52. The molecule has 1 aromatic carbocycles. The van der Waals surface area contributed by atoms with Crippen LogP contribution in [0.2, 0.25) is 0 Å². The summed E-state index contributed by atoms with van der Waals surface area (Å²) in [6, 6.07) is 7.87. The molecule has 0 fully saturated rings. The number of unbranched alkanes of at least 4 members (excludes halogenated alkanes) is 1. The highest BCUT2D eigenvalue weighted by Gasteiger charge is 2.06. The van der Waals surface area contributed by atoms with Gasteiger partial charge in [-0.1, -0.05) is 27.2 Å². The van der Waals surface area contributed by atoms with E-state index in [1.54, 1.807) is 0 Å². The lowest BCUT2D eigenvalue weighted by Crippen LogP contribution is -2.28. The highest BCUT2D eigenvalue weighted by atomic mass is 35.5. The molecule has 0 heterocycles. The molecular weight excluding hydrogens is 298 g/mol. The van der Waals surface area contributed by atoms with Crippen molar-refractivity contribution in [2.45, 2.75) is 33.6 Å². The Morgan fingerprint density at radius 3 is 2.55 bits per heavy atom. The van der Waals surface area contributed by atoms with Crippen LogP contribution in [0.5, 0.6) is 5.75 Å². The number of hydrogen-bond acceptors (Lipinski definition) is 4. The molecule has 0 radical (unpaired) electrons. The summed E-state index contributed by atoms with van der Waals surface area (Å²) in [4.78, 5) is 2.30. The molecular formula is C17H28ClN3O. The molecule has 0 unspecified atom stereocenters. The van der Waals surface area contributed by atoms with Crippen molar-refractivity contribution in [3.05, 3.63) is 23.8 Å². The SMILES string of the molecule is CCCCNc1ccc(C#N)c(OCCN(CC)CC)c1.Cl. The number of nitriles is 1. The van der Waals surface area contributed by atoms with E-state index in [1.807, 2.05) is 18.2 Å². The first-order chi connectivity index (χ1) is 10.2. The van der Waals surface area contributed by atoms with E-state index in [0.717, 1.165) is 44.7 Å². The molecule has 1 aromatic rings. The summed E-state index contributed by atoms with van der Waals surface area (Å²) in [5.41, 5.74) is 1.61. The monoisotopic (exact) mass is 325 g/mol. The second kappa shape index (κ2) is 12.1. The highest BCUT2D eigenvalue weighted by molar-refractivity contribution is 5.85. The van der Waals surface area contributed by atoms with E-state index in [-0.39, 0.29) is 12.4 Å². The van der Waals surface area contributed by atoms with Gasteiger partial charge in [0.05, 0.1) is 5.56 Å². The van der Waals surface area contributed by atoms with Crippen molar-refractivity contribution in [2.24, 2.45) is 0 Å². The summed E-state index contributed by atoms with van der Waals surface area (Å²) in [7, 11) is 0. The van der Waals surface area contributed by atoms with Crippen LogP contribution in [-0.4, -0.2) is 37.7 Å². The van der Waals surface area contributed by atoms with Gasteiger partial charge in [0.2, 0.25) is 0 Å². The van der Waals surface area contributed by atoms with Crippen molar-refractivity contribution >= 4 is 18.1 Å². The third kappa shape index (κ3) is 7.02. The summed E-state index contributed by atoms with van der Waals surface area (Å²) in [6.45, 7) is 10.9. The van der Waals surface area contributed by atoms with E-state index in [0.29, 0.717) is 17.9 Å². The lowest BCUT2D eigenvalue weighted by atomic mass is 10.2. The molecule has 1 N–H and O–H groups in total. The molecule has 0 aromatic heterocycles. The smallest absolute Gasteiger partial charge is 0.139 e. The minimum absolute atomic E-state index is 0. The quantitative estimate of drug-likeness (QED) is 0.662. The van der Waals surface area contributed by atoms with Crippen LogP contribution in [0.3, 0.4) is 0 Å². The lowest BCUT2D eigenvalue weighted by molar-refractivity contribution is 0.222. The first-order valence-electron chi connectivity index (χ1n) is 7.88. The van der Waals surface area contributed by atoms with Gasteiger partial charge in [-0.2, -0.15) is 5.26 Å². The zero-order valence-electron chi connectivity index (χ0n) is 13.9. The Kier molecular flexibility index (Phi) is 11.3. The largest absolute Gasteiger partial charge is 0.491 e. The third-order valence-corrected chi connectivity index (χ3v) is 3.52. The minimum Gasteiger partial charge on any atom is -0.491 e. The van der Waals surface area contributed by atoms with Gasteiger partial charge in [-0.05, 0) is 31.6 Å². The predicted molar refractivity (Wildman–Crippen MR) is 95.1 cm³/mol. The highest BCUT2D eigenvalue weighted by Crippen LogP contribution is 2.23. The number of nitrogens with zero attached hydrogens (tertiary/aromatic N) is 2. The van der Waals surface area contributed by atoms with Crippen molar-refractivity contribution in [1.82, 2.24) is 4.90 Å². The van der Waals surface area contributed by atoms with Gasteiger partial charge in [0.1, 0.15) is 18.4 Å². The number of likely N-dealkylation sites (N-methyl/N-ethyl adjacent to an activating group) is 1. The Bertz CT molecular complexity index is 456. The van der Waals surface area contributed by atoms with Crippen molar-refractivity contribution in [2.75, 3.05) is 38.1 Å². The molecule has 0 atom stereocenters. The molecule has 4 nitrogen and oxygen atoms in total. The van der Waals surface area contributed by atoms with E-state index < -0.39 is 0 Å². The van der Waals surface area contributed by atoms with E-state index in [9.17, 15) is 0 Å². The second-order valence-corrected chi connectivity index (χ2v) is 4.98. The molecule has 0 bridgehead atoms. The van der Waals surface area contributed by atoms with Crippen molar-refractivity contribution < 1.29 is 4.74 Å². The summed E-state index contributed by atoms with van der Waals surface area (Å²) in [6.07, 6.45) is 2.30. The first-order valence-corrected chi connectivity index (χ1v) is 7.88. The standard InChI is InChI=1S/C17H27N3O.ClH/c1-4-7-10-19-16-9-8-15(14-18)17(13-16)21-12-11-20(5-2)6-3;/h8-9,13,19H,4-7,10-12H2,1-3H3;1H. The van der Waals surface area contributed by atoms with Crippen LogP contribution in [0.1, 0.15) is 39.2 Å². The van der Waals surface area contributed by atoms with Gasteiger partial charge in [0, 0.05) is 24.8 Å². The topological polar surface area (TPSA) is 48.3 Å². The molecule has 0 spiro atoms. The van der Waals surface area contributed by atoms with Crippen LogP contribution < -0.4 is 10.1 Å². The maximum absolute atomic E-state index is 9.16. The van der Waals surface area contributed by atoms with Gasteiger partial charge >= 0.3 is 0 Å². The van der Waals surface area contributed by atoms with Crippen LogP contribution in [0.15, 0.2) is 18.2 Å². The van der Waals surface area contributed by atoms with Crippen LogP contribution in [0, 0.1) is 11.3 Å². The van der Waals surface area contributed by atoms with Crippen molar-refractivity contribution in [3.63, 3.8) is 0 Å². The van der Waals surface area contributed by atoms with Crippen molar-refractivity contribution in [1.29, 1.82) is 5.26 Å². The Balaban J connectivity index is 0.00000441. The van der Waals surface area contributed by atoms with Gasteiger partial charge in [0.25, 0.3) is 0 Å². The van der Waals surface area contributed by atoms with Gasteiger partial charge in [-0.3, -0.25) is 0 Å². The Morgan fingerprint density at radius 1 is 1.23 bits per heavy atom. The number of nitrogens with one attached hydrogen (secondary N) is 1. The van der Waals surface area contributed by atoms with Gasteiger partial charge in [-0.15, -0.1) is 12.4 Å². The fraction of sp³-hybridized carbons (Fsp3) is 0.588. The number of benzene rings is 1. The zero-order chi connectivity index (χ0) is 15.5. The summed E-state index contributed by atoms with van der Waals surface area (Å²) < 4.78 is 5.80. The predicted octanol–water partition coefficient (Wildman–Crippen LogP) is 3.91. The van der Waals surface area contributed by atoms with E-state index in [2.05, 4.69) is 37.1 Å². The molecule has 0 saturated heterocycles. The van der Waals surface area contributed by atoms with Crippen molar-refractivity contribution in [3.8, 4) is 11.8 Å². The van der Waals surface area contributed by atoms with Gasteiger partial charge < -0.3 is 15.0 Å². The van der Waals surface area contributed by atoms with Gasteiger partial charge in [-0.25, -0.2) is 0 Å². The van der Waals surface area contributed by atoms with E-state index in [1.165, 1.54) is 0 Å². The number of halogens is 1. The van der Waals surface area contributed by atoms with Crippen LogP contribution in [0.25, 0.3) is 0 Å². The molecule has 0 aliphatic rings. The maximum Gasteiger partial charge on any atom is 0.139 e. The molecule has 124 valence electrons. The minimum atomic E-state index is 0. The summed E-state index contributed by atoms with van der Waals surface area (Å²) in [5.74, 6) is 0.672. The summed E-state index contributed by atoms with van der Waals surface area (Å²) >= 11 is 0. The van der Waals surface area contributed by atoms with E-state index >= 15 is 0 Å². The molecule has 0 amide bonds. The fourth-order valence-corrected chi connectivity index (χ4v) is 2.08. The number of ether oxygens (including phenoxy) is 1. The zero-order valence-corrected chi connectivity index (χ0v) is 14.7. The van der Waals surface area contributed by atoms with Gasteiger partial charge in [0.15, 0.2) is 0 Å². The number of hydrogen-bond donors (Lipinski definition) is 1. The number of rotatable bonds is 10. The van der Waals surface area contributed by atoms with Crippen LogP contribution in [-0.2, 0) is 0 Å². The average molecular weight is 326 g/mol. The molecule has 0 aliphatic heterocycles. The number of anilines is 1. The van der Waals surface area contributed by atoms with Crippen LogP contribution in [0.4, 0.5) is 5.69 Å². The second-order valence-electron chi connectivity index (χ2n) is 4.98. The van der Waals surface area contributed by atoms with Crippen LogP contribution >= 0.6 is 12.4 Å².